The van der Waals surface area contributed by atoms with Crippen LogP contribution in [0.1, 0.15) is 29.2 Å². The number of alkyl halides is 1. The molecular weight excluding hydrogens is 282 g/mol. The van der Waals surface area contributed by atoms with Crippen molar-refractivity contribution in [2.24, 2.45) is 0 Å². The van der Waals surface area contributed by atoms with E-state index < -0.39 is 0 Å². The van der Waals surface area contributed by atoms with E-state index in [2.05, 4.69) is 26.7 Å². The summed E-state index contributed by atoms with van der Waals surface area (Å²) in [6.45, 7) is 2.01. The highest BCUT2D eigenvalue weighted by molar-refractivity contribution is 9.08. The van der Waals surface area contributed by atoms with Gasteiger partial charge in [0.1, 0.15) is 0 Å². The van der Waals surface area contributed by atoms with Crippen LogP contribution in [0.2, 0.25) is 0 Å². The topological polar surface area (TPSA) is 50.1 Å². The fraction of sp³-hybridized carbons (Fsp3) is 0.385. The lowest BCUT2D eigenvalue weighted by Crippen LogP contribution is -2.09. The summed E-state index contributed by atoms with van der Waals surface area (Å²) >= 11 is 3.37. The quantitative estimate of drug-likeness (QED) is 0.634. The molecule has 4 heteroatoms. The molecule has 0 saturated heterocycles. The van der Waals surface area contributed by atoms with Gasteiger partial charge in [-0.1, -0.05) is 28.9 Å². The number of hydrogen-bond donors (Lipinski definition) is 0. The number of aryl methyl sites for hydroxylation is 1. The molecule has 0 aliphatic carbocycles. The zero-order valence-corrected chi connectivity index (χ0v) is 11.5. The Morgan fingerprint density at radius 1 is 1.53 bits per heavy atom. The van der Waals surface area contributed by atoms with Crippen LogP contribution < -0.4 is 0 Å². The van der Waals surface area contributed by atoms with E-state index in [1.807, 2.05) is 19.1 Å². The summed E-state index contributed by atoms with van der Waals surface area (Å²) in [5.74, 6) is -0.317. The van der Waals surface area contributed by atoms with E-state index in [9.17, 15) is 4.79 Å². The van der Waals surface area contributed by atoms with Gasteiger partial charge in [-0.15, -0.1) is 0 Å². The van der Waals surface area contributed by atoms with Gasteiger partial charge in [-0.2, -0.15) is 5.26 Å². The molecule has 1 aromatic rings. The van der Waals surface area contributed by atoms with E-state index in [4.69, 9.17) is 5.26 Å². The van der Waals surface area contributed by atoms with Crippen LogP contribution in [0.15, 0.2) is 12.1 Å². The van der Waals surface area contributed by atoms with Crippen LogP contribution in [0.25, 0.3) is 0 Å². The molecule has 1 aromatic carbocycles. The largest absolute Gasteiger partial charge is 0.469 e. The van der Waals surface area contributed by atoms with Gasteiger partial charge in [0.25, 0.3) is 0 Å². The standard InChI is InChI=1S/C13H14BrNO2/c1-3-10-4-9(7-14)5-11(8-15)12(10)6-13(16)17-2/h4-5H,3,6-7H2,1-2H3. The maximum atomic E-state index is 11.3. The molecule has 3 nitrogen and oxygen atoms in total. The normalized spacial score (nSPS) is 9.76. The number of nitriles is 1. The van der Waals surface area contributed by atoms with Gasteiger partial charge >= 0.3 is 5.97 Å². The molecular formula is C13H14BrNO2. The Balaban J connectivity index is 3.25. The summed E-state index contributed by atoms with van der Waals surface area (Å²) in [6, 6.07) is 5.98. The molecule has 0 saturated carbocycles. The third kappa shape index (κ3) is 3.31. The third-order valence-electron chi connectivity index (χ3n) is 2.61. The number of methoxy groups -OCH3 is 1. The molecule has 17 heavy (non-hydrogen) atoms. The zero-order valence-electron chi connectivity index (χ0n) is 9.92. The highest BCUT2D eigenvalue weighted by Gasteiger charge is 2.13. The predicted octanol–water partition coefficient (Wildman–Crippen LogP) is 2.73. The van der Waals surface area contributed by atoms with Gasteiger partial charge in [-0.05, 0) is 29.2 Å². The van der Waals surface area contributed by atoms with Gasteiger partial charge in [-0.25, -0.2) is 0 Å². The highest BCUT2D eigenvalue weighted by Crippen LogP contribution is 2.21. The maximum Gasteiger partial charge on any atom is 0.310 e. The van der Waals surface area contributed by atoms with Crippen molar-refractivity contribution in [1.29, 1.82) is 5.26 Å². The second-order valence-electron chi connectivity index (χ2n) is 3.63. The van der Waals surface area contributed by atoms with Crippen LogP contribution >= 0.6 is 15.9 Å². The number of ether oxygens (including phenoxy) is 1. The molecule has 0 radical (unpaired) electrons. The van der Waals surface area contributed by atoms with Crippen molar-refractivity contribution < 1.29 is 9.53 Å². The van der Waals surface area contributed by atoms with Crippen molar-refractivity contribution in [2.45, 2.75) is 25.1 Å². The van der Waals surface area contributed by atoms with Crippen LogP contribution in [0.4, 0.5) is 0 Å². The molecule has 0 bridgehead atoms. The highest BCUT2D eigenvalue weighted by atomic mass is 79.9. The molecule has 0 heterocycles. The van der Waals surface area contributed by atoms with E-state index in [1.54, 1.807) is 0 Å². The van der Waals surface area contributed by atoms with Gasteiger partial charge in [0.05, 0.1) is 25.2 Å². The maximum absolute atomic E-state index is 11.3. The number of hydrogen-bond acceptors (Lipinski definition) is 3. The molecule has 90 valence electrons. The second-order valence-corrected chi connectivity index (χ2v) is 4.19. The average Bonchev–Trinajstić information content (AvgIpc) is 2.38. The first-order chi connectivity index (χ1) is 8.15. The van der Waals surface area contributed by atoms with Crippen molar-refractivity contribution in [3.63, 3.8) is 0 Å². The zero-order chi connectivity index (χ0) is 12.8. The lowest BCUT2D eigenvalue weighted by molar-refractivity contribution is -0.139. The molecule has 0 aliphatic rings. The van der Waals surface area contributed by atoms with E-state index in [1.165, 1.54) is 7.11 Å². The predicted molar refractivity (Wildman–Crippen MR) is 68.9 cm³/mol. The molecule has 0 amide bonds. The number of halogens is 1. The van der Waals surface area contributed by atoms with E-state index in [0.717, 1.165) is 23.1 Å². The minimum absolute atomic E-state index is 0.158. The first-order valence-corrected chi connectivity index (χ1v) is 6.45. The number of benzene rings is 1. The van der Waals surface area contributed by atoms with Crippen LogP contribution in [-0.4, -0.2) is 13.1 Å². The first kappa shape index (κ1) is 13.7. The second kappa shape index (κ2) is 6.41. The summed E-state index contributed by atoms with van der Waals surface area (Å²) in [7, 11) is 1.35. The Bertz CT molecular complexity index is 463. The van der Waals surface area contributed by atoms with Crippen molar-refractivity contribution in [3.05, 3.63) is 34.4 Å². The number of nitrogens with zero attached hydrogens (tertiary/aromatic N) is 1. The molecule has 0 fully saturated rings. The van der Waals surface area contributed by atoms with Crippen LogP contribution in [0.5, 0.6) is 0 Å². The van der Waals surface area contributed by atoms with Gasteiger partial charge in [0.15, 0.2) is 0 Å². The molecule has 0 N–H and O–H groups in total. The van der Waals surface area contributed by atoms with E-state index in [-0.39, 0.29) is 12.4 Å². The molecule has 0 atom stereocenters. The number of rotatable bonds is 4. The van der Waals surface area contributed by atoms with Crippen LogP contribution in [-0.2, 0) is 27.7 Å². The van der Waals surface area contributed by atoms with Crippen LogP contribution in [0.3, 0.4) is 0 Å². The first-order valence-electron chi connectivity index (χ1n) is 5.33. The van der Waals surface area contributed by atoms with Crippen molar-refractivity contribution >= 4 is 21.9 Å². The summed E-state index contributed by atoms with van der Waals surface area (Å²) in [5.41, 5.74) is 3.42. The Morgan fingerprint density at radius 2 is 2.24 bits per heavy atom. The van der Waals surface area contributed by atoms with Crippen molar-refractivity contribution in [2.75, 3.05) is 7.11 Å². The molecule has 0 aliphatic heterocycles. The minimum atomic E-state index is -0.317. The van der Waals surface area contributed by atoms with E-state index in [0.29, 0.717) is 10.9 Å². The van der Waals surface area contributed by atoms with Crippen molar-refractivity contribution in [3.8, 4) is 6.07 Å². The Labute approximate surface area is 110 Å². The summed E-state index contributed by atoms with van der Waals surface area (Å²) in [4.78, 5) is 11.3. The Morgan fingerprint density at radius 3 is 2.71 bits per heavy atom. The number of carbonyl (C=O) groups excluding carboxylic acids is 1. The monoisotopic (exact) mass is 295 g/mol. The minimum Gasteiger partial charge on any atom is -0.469 e. The summed E-state index contributed by atoms with van der Waals surface area (Å²) in [6.07, 6.45) is 0.951. The molecule has 0 spiro atoms. The fourth-order valence-corrected chi connectivity index (χ4v) is 2.04. The summed E-state index contributed by atoms with van der Waals surface area (Å²) < 4.78 is 4.65. The molecule has 0 unspecified atom stereocenters. The van der Waals surface area contributed by atoms with Crippen molar-refractivity contribution in [1.82, 2.24) is 0 Å². The molecule has 1 rings (SSSR count). The van der Waals surface area contributed by atoms with Gasteiger partial charge in [0, 0.05) is 5.33 Å². The Kier molecular flexibility index (Phi) is 5.17. The average molecular weight is 296 g/mol. The lowest BCUT2D eigenvalue weighted by atomic mass is 9.95. The van der Waals surface area contributed by atoms with E-state index >= 15 is 0 Å². The molecule has 0 aromatic heterocycles. The SMILES string of the molecule is CCc1cc(CBr)cc(C#N)c1CC(=O)OC. The third-order valence-corrected chi connectivity index (χ3v) is 3.25. The van der Waals surface area contributed by atoms with Crippen LogP contribution in [0, 0.1) is 11.3 Å². The van der Waals surface area contributed by atoms with Gasteiger partial charge in [-0.3, -0.25) is 4.79 Å². The number of carbonyl (C=O) groups is 1. The lowest BCUT2D eigenvalue weighted by Gasteiger charge is -2.11. The summed E-state index contributed by atoms with van der Waals surface area (Å²) in [5, 5.41) is 9.83. The number of esters is 1. The fourth-order valence-electron chi connectivity index (χ4n) is 1.72. The Hall–Kier alpha value is -1.34. The van der Waals surface area contributed by atoms with Gasteiger partial charge < -0.3 is 4.74 Å². The smallest absolute Gasteiger partial charge is 0.310 e. The van der Waals surface area contributed by atoms with Gasteiger partial charge in [0.2, 0.25) is 0 Å².